The van der Waals surface area contributed by atoms with Crippen molar-refractivity contribution in [1.29, 1.82) is 0 Å². The topological polar surface area (TPSA) is 68.7 Å². The molecule has 1 aliphatic carbocycles. The molecule has 2 aromatic heterocycles. The number of fused-ring (bicyclic) bond motifs is 3. The highest BCUT2D eigenvalue weighted by Gasteiger charge is 2.34. The molecular formula is C24H27NO4S. The molecule has 6 heteroatoms. The average Bonchev–Trinajstić information content (AvgIpc) is 3.04. The van der Waals surface area contributed by atoms with Crippen LogP contribution in [0.15, 0.2) is 30.3 Å². The van der Waals surface area contributed by atoms with Crippen LogP contribution in [0.4, 0.5) is 0 Å². The summed E-state index contributed by atoms with van der Waals surface area (Å²) >= 11 is 1.70. The Balaban J connectivity index is 1.99. The molecule has 0 fully saturated rings. The van der Waals surface area contributed by atoms with Crippen LogP contribution in [0.25, 0.3) is 10.2 Å². The van der Waals surface area contributed by atoms with Crippen molar-refractivity contribution in [1.82, 2.24) is 4.98 Å². The number of ether oxygens (including phenoxy) is 2. The molecule has 0 amide bonds. The van der Waals surface area contributed by atoms with Crippen molar-refractivity contribution in [3.63, 3.8) is 0 Å². The zero-order chi connectivity index (χ0) is 21.5. The number of rotatable bonds is 5. The quantitative estimate of drug-likeness (QED) is 0.526. The van der Waals surface area contributed by atoms with Crippen LogP contribution in [-0.4, -0.2) is 21.7 Å². The van der Waals surface area contributed by atoms with Gasteiger partial charge in [-0.3, -0.25) is 0 Å². The summed E-state index contributed by atoms with van der Waals surface area (Å²) < 4.78 is 12.4. The molecule has 158 valence electrons. The number of benzene rings is 1. The van der Waals surface area contributed by atoms with Crippen LogP contribution >= 0.6 is 11.3 Å². The van der Waals surface area contributed by atoms with Gasteiger partial charge >= 0.3 is 5.97 Å². The molecule has 0 saturated carbocycles. The van der Waals surface area contributed by atoms with Gasteiger partial charge < -0.3 is 14.6 Å². The van der Waals surface area contributed by atoms with Crippen molar-refractivity contribution in [2.75, 3.05) is 0 Å². The molecule has 0 aliphatic heterocycles. The SMILES string of the molecule is Cc1nc2sc3c(c2c(Oc2ccccc2)c1C(OC(C)(C)C)C(=O)O)CCCC3. The zero-order valence-corrected chi connectivity index (χ0v) is 18.6. The van der Waals surface area contributed by atoms with Gasteiger partial charge in [0.2, 0.25) is 0 Å². The van der Waals surface area contributed by atoms with Crippen LogP contribution in [0, 0.1) is 6.92 Å². The van der Waals surface area contributed by atoms with E-state index in [0.29, 0.717) is 22.8 Å². The fourth-order valence-corrected chi connectivity index (χ4v) is 5.29. The van der Waals surface area contributed by atoms with E-state index in [-0.39, 0.29) is 0 Å². The van der Waals surface area contributed by atoms with E-state index in [1.54, 1.807) is 11.3 Å². The first kappa shape index (κ1) is 20.8. The van der Waals surface area contributed by atoms with E-state index >= 15 is 0 Å². The fraction of sp³-hybridized carbons (Fsp3) is 0.417. The number of carbonyl (C=O) groups is 1. The Kier molecular flexibility index (Phi) is 5.55. The van der Waals surface area contributed by atoms with E-state index in [1.165, 1.54) is 16.9 Å². The summed E-state index contributed by atoms with van der Waals surface area (Å²) in [6.45, 7) is 7.41. The van der Waals surface area contributed by atoms with Gasteiger partial charge in [-0.2, -0.15) is 0 Å². The van der Waals surface area contributed by atoms with Gasteiger partial charge in [0, 0.05) is 10.6 Å². The molecule has 4 rings (SSSR count). The van der Waals surface area contributed by atoms with Crippen LogP contribution in [0.3, 0.4) is 0 Å². The molecule has 0 spiro atoms. The smallest absolute Gasteiger partial charge is 0.337 e. The lowest BCUT2D eigenvalue weighted by atomic mass is 9.94. The Hall–Kier alpha value is -2.44. The number of carboxylic acids is 1. The second kappa shape index (κ2) is 8.00. The highest BCUT2D eigenvalue weighted by Crippen LogP contribution is 2.46. The van der Waals surface area contributed by atoms with E-state index in [1.807, 2.05) is 58.0 Å². The maximum absolute atomic E-state index is 12.3. The van der Waals surface area contributed by atoms with Crippen LogP contribution in [0.5, 0.6) is 11.5 Å². The van der Waals surface area contributed by atoms with E-state index in [2.05, 4.69) is 0 Å². The summed E-state index contributed by atoms with van der Waals surface area (Å²) in [6.07, 6.45) is 3.12. The molecule has 0 radical (unpaired) electrons. The average molecular weight is 426 g/mol. The fourth-order valence-electron chi connectivity index (χ4n) is 3.98. The van der Waals surface area contributed by atoms with Crippen LogP contribution < -0.4 is 4.74 Å². The van der Waals surface area contributed by atoms with Gasteiger partial charge in [0.05, 0.1) is 16.6 Å². The number of aliphatic carboxylic acids is 1. The monoisotopic (exact) mass is 425 g/mol. The minimum absolute atomic E-state index is 0.500. The van der Waals surface area contributed by atoms with Crippen molar-refractivity contribution in [2.45, 2.75) is 65.1 Å². The number of hydrogen-bond donors (Lipinski definition) is 1. The number of para-hydroxylation sites is 1. The summed E-state index contributed by atoms with van der Waals surface area (Å²) in [4.78, 5) is 19.3. The van der Waals surface area contributed by atoms with Gasteiger partial charge in [0.15, 0.2) is 6.10 Å². The van der Waals surface area contributed by atoms with Gasteiger partial charge in [0.25, 0.3) is 0 Å². The minimum atomic E-state index is -1.17. The molecule has 2 heterocycles. The van der Waals surface area contributed by atoms with Crippen LogP contribution in [-0.2, 0) is 22.4 Å². The molecule has 5 nitrogen and oxygen atoms in total. The third-order valence-electron chi connectivity index (χ3n) is 5.20. The lowest BCUT2D eigenvalue weighted by Crippen LogP contribution is -2.28. The molecule has 1 aromatic carbocycles. The first-order chi connectivity index (χ1) is 14.2. The largest absolute Gasteiger partial charge is 0.479 e. The van der Waals surface area contributed by atoms with Gasteiger partial charge in [-0.1, -0.05) is 18.2 Å². The number of nitrogens with zero attached hydrogens (tertiary/aromatic N) is 1. The maximum Gasteiger partial charge on any atom is 0.337 e. The summed E-state index contributed by atoms with van der Waals surface area (Å²) in [5.41, 5.74) is 1.74. The van der Waals surface area contributed by atoms with Crippen molar-refractivity contribution >= 4 is 27.5 Å². The maximum atomic E-state index is 12.3. The van der Waals surface area contributed by atoms with E-state index in [0.717, 1.165) is 29.5 Å². The van der Waals surface area contributed by atoms with Crippen molar-refractivity contribution in [3.8, 4) is 11.5 Å². The molecule has 30 heavy (non-hydrogen) atoms. The third-order valence-corrected chi connectivity index (χ3v) is 6.39. The molecule has 0 bridgehead atoms. The van der Waals surface area contributed by atoms with E-state index < -0.39 is 17.7 Å². The summed E-state index contributed by atoms with van der Waals surface area (Å²) in [7, 11) is 0. The number of aromatic nitrogens is 1. The zero-order valence-electron chi connectivity index (χ0n) is 17.8. The predicted molar refractivity (Wildman–Crippen MR) is 119 cm³/mol. The molecular weight excluding hydrogens is 398 g/mol. The highest BCUT2D eigenvalue weighted by atomic mass is 32.1. The lowest BCUT2D eigenvalue weighted by Gasteiger charge is -2.27. The summed E-state index contributed by atoms with van der Waals surface area (Å²) in [5.74, 6) is 0.192. The Morgan fingerprint density at radius 1 is 1.17 bits per heavy atom. The van der Waals surface area contributed by atoms with Crippen molar-refractivity contribution in [3.05, 3.63) is 52.0 Å². The normalized spacial score (nSPS) is 15.1. The first-order valence-corrected chi connectivity index (χ1v) is 11.1. The third kappa shape index (κ3) is 4.07. The lowest BCUT2D eigenvalue weighted by molar-refractivity contribution is -0.160. The Morgan fingerprint density at radius 2 is 1.87 bits per heavy atom. The van der Waals surface area contributed by atoms with Crippen LogP contribution in [0.1, 0.15) is 61.4 Å². The number of pyridine rings is 1. The second-order valence-corrected chi connectivity index (χ2v) is 9.78. The second-order valence-electron chi connectivity index (χ2n) is 8.69. The number of hydrogen-bond acceptors (Lipinski definition) is 5. The Bertz CT molecular complexity index is 1080. The van der Waals surface area contributed by atoms with Gasteiger partial charge in [-0.15, -0.1) is 11.3 Å². The Morgan fingerprint density at radius 3 is 2.53 bits per heavy atom. The van der Waals surface area contributed by atoms with E-state index in [9.17, 15) is 9.90 Å². The predicted octanol–water partition coefficient (Wildman–Crippen LogP) is 6.22. The molecule has 1 atom stereocenters. The van der Waals surface area contributed by atoms with Crippen molar-refractivity contribution < 1.29 is 19.4 Å². The van der Waals surface area contributed by atoms with Gasteiger partial charge in [-0.05, 0) is 71.1 Å². The van der Waals surface area contributed by atoms with Crippen LogP contribution in [0.2, 0.25) is 0 Å². The van der Waals surface area contributed by atoms with Gasteiger partial charge in [-0.25, -0.2) is 9.78 Å². The number of thiophene rings is 1. The minimum Gasteiger partial charge on any atom is -0.479 e. The van der Waals surface area contributed by atoms with E-state index in [4.69, 9.17) is 14.5 Å². The molecule has 1 N–H and O–H groups in total. The number of carboxylic acid groups (broad SMARTS) is 1. The molecule has 0 saturated heterocycles. The van der Waals surface area contributed by atoms with Gasteiger partial charge in [0.1, 0.15) is 16.3 Å². The molecule has 1 aliphatic rings. The standard InChI is InChI=1S/C24H27NO4S/c1-14-18(21(23(26)27)29-24(2,3)4)20(28-15-10-6-5-7-11-15)19-16-12-8-9-13-17(16)30-22(19)25-14/h5-7,10-11,21H,8-9,12-13H2,1-4H3,(H,26,27). The highest BCUT2D eigenvalue weighted by molar-refractivity contribution is 7.18. The van der Waals surface area contributed by atoms with Crippen molar-refractivity contribution in [2.24, 2.45) is 0 Å². The number of aryl methyl sites for hydroxylation is 3. The summed E-state index contributed by atoms with van der Waals surface area (Å²) in [6, 6.07) is 9.50. The Labute approximate surface area is 180 Å². The summed E-state index contributed by atoms with van der Waals surface area (Å²) in [5, 5.41) is 11.0. The molecule has 1 unspecified atom stereocenters. The first-order valence-electron chi connectivity index (χ1n) is 10.3. The molecule has 3 aromatic rings.